The lowest BCUT2D eigenvalue weighted by molar-refractivity contribution is 0.0475. The lowest BCUT2D eigenvalue weighted by atomic mass is 10.1. The van der Waals surface area contributed by atoms with Gasteiger partial charge in [0.25, 0.3) is 17.7 Å². The Morgan fingerprint density at radius 1 is 0.971 bits per heavy atom. The van der Waals surface area contributed by atoms with Crippen LogP contribution in [-0.2, 0) is 4.74 Å². The zero-order valence-electron chi connectivity index (χ0n) is 19.2. The van der Waals surface area contributed by atoms with Crippen molar-refractivity contribution in [1.29, 1.82) is 0 Å². The molecule has 1 fully saturated rings. The van der Waals surface area contributed by atoms with Crippen LogP contribution >= 0.6 is 0 Å². The third-order valence-electron chi connectivity index (χ3n) is 6.03. The molecule has 2 aliphatic rings. The predicted octanol–water partition coefficient (Wildman–Crippen LogP) is 4.51. The standard InChI is InChI=1S/C27H24N2O6/c1-33-19-9-7-17(8-10-19)25(30)28-18-4-2-5-20(14-18)35-21-11-12-23-24(15-21)27(32)29(26(23)31)16-22-6-3-13-34-22/h2,4-5,7-12,14-15,22H,3,6,13,16H2,1H3,(H,28,30). The Labute approximate surface area is 202 Å². The van der Waals surface area contributed by atoms with E-state index in [9.17, 15) is 14.4 Å². The summed E-state index contributed by atoms with van der Waals surface area (Å²) >= 11 is 0. The molecule has 0 bridgehead atoms. The molecule has 178 valence electrons. The Morgan fingerprint density at radius 3 is 2.46 bits per heavy atom. The zero-order valence-corrected chi connectivity index (χ0v) is 19.2. The van der Waals surface area contributed by atoms with Crippen molar-refractivity contribution >= 4 is 23.4 Å². The number of nitrogens with one attached hydrogen (secondary N) is 1. The molecule has 0 radical (unpaired) electrons. The van der Waals surface area contributed by atoms with Crippen molar-refractivity contribution in [2.75, 3.05) is 25.6 Å². The molecule has 1 unspecified atom stereocenters. The third kappa shape index (κ3) is 4.74. The largest absolute Gasteiger partial charge is 0.497 e. The molecule has 0 saturated carbocycles. The maximum atomic E-state index is 12.9. The van der Waals surface area contributed by atoms with Gasteiger partial charge in [-0.2, -0.15) is 0 Å². The molecule has 35 heavy (non-hydrogen) atoms. The van der Waals surface area contributed by atoms with Crippen LogP contribution in [0.15, 0.2) is 66.7 Å². The number of hydrogen-bond donors (Lipinski definition) is 1. The molecule has 8 nitrogen and oxygen atoms in total. The average molecular weight is 472 g/mol. The minimum absolute atomic E-state index is 0.108. The lowest BCUT2D eigenvalue weighted by Gasteiger charge is -2.17. The molecule has 1 atom stereocenters. The van der Waals surface area contributed by atoms with Gasteiger partial charge < -0.3 is 19.5 Å². The molecule has 8 heteroatoms. The van der Waals surface area contributed by atoms with Crippen LogP contribution in [0.4, 0.5) is 5.69 Å². The second kappa shape index (κ2) is 9.60. The first-order valence-corrected chi connectivity index (χ1v) is 11.4. The quantitative estimate of drug-likeness (QED) is 0.509. The number of carbonyl (C=O) groups excluding carboxylic acids is 3. The van der Waals surface area contributed by atoms with Crippen LogP contribution in [0.5, 0.6) is 17.2 Å². The van der Waals surface area contributed by atoms with Crippen molar-refractivity contribution in [3.63, 3.8) is 0 Å². The molecule has 1 saturated heterocycles. The Kier molecular flexibility index (Phi) is 6.20. The number of hydrogen-bond acceptors (Lipinski definition) is 6. The average Bonchev–Trinajstić information content (AvgIpc) is 3.47. The van der Waals surface area contributed by atoms with E-state index < -0.39 is 0 Å². The normalized spacial score (nSPS) is 16.8. The highest BCUT2D eigenvalue weighted by atomic mass is 16.5. The summed E-state index contributed by atoms with van der Waals surface area (Å²) < 4.78 is 16.6. The van der Waals surface area contributed by atoms with Gasteiger partial charge in [-0.15, -0.1) is 0 Å². The van der Waals surface area contributed by atoms with Crippen LogP contribution in [0.25, 0.3) is 0 Å². The maximum absolute atomic E-state index is 12.9. The van der Waals surface area contributed by atoms with Crippen LogP contribution in [0.2, 0.25) is 0 Å². The second-order valence-corrected chi connectivity index (χ2v) is 8.38. The number of methoxy groups -OCH3 is 1. The number of carbonyl (C=O) groups is 3. The van der Waals surface area contributed by atoms with E-state index >= 15 is 0 Å². The summed E-state index contributed by atoms with van der Waals surface area (Å²) in [6, 6.07) is 18.6. The Bertz CT molecular complexity index is 1280. The molecule has 0 aliphatic carbocycles. The molecule has 3 aromatic carbocycles. The number of anilines is 1. The topological polar surface area (TPSA) is 94.2 Å². The van der Waals surface area contributed by atoms with E-state index in [2.05, 4.69) is 5.32 Å². The van der Waals surface area contributed by atoms with Crippen molar-refractivity contribution in [3.05, 3.63) is 83.4 Å². The van der Waals surface area contributed by atoms with E-state index in [1.54, 1.807) is 73.8 Å². The highest BCUT2D eigenvalue weighted by Gasteiger charge is 2.37. The summed E-state index contributed by atoms with van der Waals surface area (Å²) in [5.41, 5.74) is 1.72. The molecule has 2 heterocycles. The van der Waals surface area contributed by atoms with Crippen molar-refractivity contribution in [2.24, 2.45) is 0 Å². The van der Waals surface area contributed by atoms with Gasteiger partial charge in [0.2, 0.25) is 0 Å². The van der Waals surface area contributed by atoms with Gasteiger partial charge in [0.05, 0.1) is 30.9 Å². The second-order valence-electron chi connectivity index (χ2n) is 8.38. The Hall–Kier alpha value is -4.17. The molecular formula is C27H24N2O6. The first-order valence-electron chi connectivity index (χ1n) is 11.4. The number of fused-ring (bicyclic) bond motifs is 1. The molecule has 0 spiro atoms. The van der Waals surface area contributed by atoms with Gasteiger partial charge in [0.1, 0.15) is 17.2 Å². The molecule has 3 aromatic rings. The van der Waals surface area contributed by atoms with E-state index in [4.69, 9.17) is 14.2 Å². The summed E-state index contributed by atoms with van der Waals surface area (Å²) in [6.07, 6.45) is 1.67. The van der Waals surface area contributed by atoms with Gasteiger partial charge in [-0.3, -0.25) is 19.3 Å². The number of ether oxygens (including phenoxy) is 3. The van der Waals surface area contributed by atoms with Crippen molar-refractivity contribution in [1.82, 2.24) is 4.90 Å². The van der Waals surface area contributed by atoms with E-state index in [-0.39, 0.29) is 30.4 Å². The summed E-state index contributed by atoms with van der Waals surface area (Å²) in [5, 5.41) is 2.84. The molecular weight excluding hydrogens is 448 g/mol. The summed E-state index contributed by atoms with van der Waals surface area (Å²) in [5.74, 6) is 0.647. The maximum Gasteiger partial charge on any atom is 0.261 e. The molecule has 1 N–H and O–H groups in total. The highest BCUT2D eigenvalue weighted by Crippen LogP contribution is 2.31. The molecule has 3 amide bonds. The van der Waals surface area contributed by atoms with Crippen LogP contribution in [0.1, 0.15) is 43.9 Å². The van der Waals surface area contributed by atoms with Gasteiger partial charge in [0, 0.05) is 23.9 Å². The fraction of sp³-hybridized carbons (Fsp3) is 0.222. The fourth-order valence-corrected chi connectivity index (χ4v) is 4.21. The van der Waals surface area contributed by atoms with Gasteiger partial charge in [0.15, 0.2) is 0 Å². The van der Waals surface area contributed by atoms with Crippen LogP contribution < -0.4 is 14.8 Å². The summed E-state index contributed by atoms with van der Waals surface area (Å²) in [7, 11) is 1.57. The number of amides is 3. The molecule has 5 rings (SSSR count). The first-order chi connectivity index (χ1) is 17.0. The SMILES string of the molecule is COc1ccc(C(=O)Nc2cccc(Oc3ccc4c(c3)C(=O)N(CC3CCCO3)C4=O)c2)cc1. The van der Waals surface area contributed by atoms with Gasteiger partial charge >= 0.3 is 0 Å². The van der Waals surface area contributed by atoms with E-state index in [0.29, 0.717) is 46.2 Å². The van der Waals surface area contributed by atoms with Crippen LogP contribution in [0.3, 0.4) is 0 Å². The van der Waals surface area contributed by atoms with Crippen LogP contribution in [-0.4, -0.2) is 49.0 Å². The fourth-order valence-electron chi connectivity index (χ4n) is 4.21. The van der Waals surface area contributed by atoms with Crippen molar-refractivity contribution in [3.8, 4) is 17.2 Å². The summed E-state index contributed by atoms with van der Waals surface area (Å²) in [4.78, 5) is 39.4. The van der Waals surface area contributed by atoms with Gasteiger partial charge in [-0.1, -0.05) is 6.07 Å². The number of benzene rings is 3. The Morgan fingerprint density at radius 2 is 1.71 bits per heavy atom. The van der Waals surface area contributed by atoms with Crippen molar-refractivity contribution in [2.45, 2.75) is 18.9 Å². The number of nitrogens with zero attached hydrogens (tertiary/aromatic N) is 1. The first kappa shape index (κ1) is 22.6. The number of rotatable bonds is 7. The van der Waals surface area contributed by atoms with E-state index in [0.717, 1.165) is 12.8 Å². The van der Waals surface area contributed by atoms with Crippen LogP contribution in [0, 0.1) is 0 Å². The zero-order chi connectivity index (χ0) is 24.4. The minimum atomic E-state index is -0.341. The van der Waals surface area contributed by atoms with Gasteiger partial charge in [-0.25, -0.2) is 0 Å². The smallest absolute Gasteiger partial charge is 0.261 e. The van der Waals surface area contributed by atoms with E-state index in [1.807, 2.05) is 0 Å². The third-order valence-corrected chi connectivity index (χ3v) is 6.03. The predicted molar refractivity (Wildman–Crippen MR) is 128 cm³/mol. The lowest BCUT2D eigenvalue weighted by Crippen LogP contribution is -2.36. The van der Waals surface area contributed by atoms with Crippen molar-refractivity contribution < 1.29 is 28.6 Å². The Balaban J connectivity index is 1.28. The number of imide groups is 1. The summed E-state index contributed by atoms with van der Waals surface area (Å²) in [6.45, 7) is 0.921. The minimum Gasteiger partial charge on any atom is -0.497 e. The molecule has 2 aliphatic heterocycles. The highest BCUT2D eigenvalue weighted by molar-refractivity contribution is 6.21. The molecule has 0 aromatic heterocycles. The van der Waals surface area contributed by atoms with Gasteiger partial charge in [-0.05, 0) is 67.4 Å². The van der Waals surface area contributed by atoms with E-state index in [1.165, 1.54) is 4.90 Å². The monoisotopic (exact) mass is 472 g/mol.